The molecule has 4 aromatic rings. The van der Waals surface area contributed by atoms with Crippen molar-refractivity contribution in [1.82, 2.24) is 0 Å². The van der Waals surface area contributed by atoms with Gasteiger partial charge in [0.1, 0.15) is 0 Å². The number of benzene rings is 4. The van der Waals surface area contributed by atoms with E-state index in [1.807, 2.05) is 0 Å². The zero-order valence-electron chi connectivity index (χ0n) is 21.6. The molecule has 0 bridgehead atoms. The third-order valence-electron chi connectivity index (χ3n) is 6.50. The number of rotatable bonds is 9. The van der Waals surface area contributed by atoms with Crippen LogP contribution >= 0.6 is 0 Å². The number of hydrogen-bond donors (Lipinski definition) is 9. The molecule has 216 valence electrons. The SMILES string of the molecule is O=C(Cc1cc(CC(=O)c2ccc(O)c(O)c2O)cc(CC(=O)c2ccc(O)c(O)c2O)c1)c1ccc(O)c(O)c1O. The summed E-state index contributed by atoms with van der Waals surface area (Å²) in [7, 11) is 0. The van der Waals surface area contributed by atoms with Crippen molar-refractivity contribution in [1.29, 1.82) is 0 Å². The first kappa shape index (κ1) is 29.1. The molecule has 12 heteroatoms. The maximum absolute atomic E-state index is 13.0. The van der Waals surface area contributed by atoms with Gasteiger partial charge in [-0.25, -0.2) is 0 Å². The van der Waals surface area contributed by atoms with Gasteiger partial charge in [0.05, 0.1) is 16.7 Å². The topological polar surface area (TPSA) is 233 Å². The molecule has 0 radical (unpaired) electrons. The summed E-state index contributed by atoms with van der Waals surface area (Å²) in [4.78, 5) is 38.9. The van der Waals surface area contributed by atoms with E-state index in [0.717, 1.165) is 36.4 Å². The quantitative estimate of drug-likeness (QED) is 0.103. The minimum absolute atomic E-state index is 0.260. The van der Waals surface area contributed by atoms with E-state index in [4.69, 9.17) is 0 Å². The molecule has 0 aliphatic rings. The predicted octanol–water partition coefficient (Wildman–Crippen LogP) is 3.31. The van der Waals surface area contributed by atoms with E-state index in [2.05, 4.69) is 0 Å². The highest BCUT2D eigenvalue weighted by atomic mass is 16.3. The first-order valence-corrected chi connectivity index (χ1v) is 12.2. The maximum Gasteiger partial charge on any atom is 0.201 e. The second-order valence-electron chi connectivity index (χ2n) is 9.45. The molecule has 0 aliphatic carbocycles. The molecule has 0 saturated carbocycles. The summed E-state index contributed by atoms with van der Waals surface area (Å²) >= 11 is 0. The van der Waals surface area contributed by atoms with Crippen molar-refractivity contribution in [3.8, 4) is 51.7 Å². The monoisotopic (exact) mass is 576 g/mol. The van der Waals surface area contributed by atoms with Gasteiger partial charge in [-0.2, -0.15) is 0 Å². The van der Waals surface area contributed by atoms with Crippen molar-refractivity contribution >= 4 is 17.3 Å². The van der Waals surface area contributed by atoms with Crippen molar-refractivity contribution in [2.75, 3.05) is 0 Å². The van der Waals surface area contributed by atoms with Crippen molar-refractivity contribution in [2.24, 2.45) is 0 Å². The summed E-state index contributed by atoms with van der Waals surface area (Å²) < 4.78 is 0. The molecule has 4 rings (SSSR count). The molecule has 0 atom stereocenters. The number of carbonyl (C=O) groups is 3. The van der Waals surface area contributed by atoms with Gasteiger partial charge in [0, 0.05) is 19.3 Å². The lowest BCUT2D eigenvalue weighted by Crippen LogP contribution is -2.10. The normalized spacial score (nSPS) is 10.9. The Balaban J connectivity index is 1.70. The van der Waals surface area contributed by atoms with E-state index in [1.54, 1.807) is 0 Å². The predicted molar refractivity (Wildman–Crippen MR) is 145 cm³/mol. The van der Waals surface area contributed by atoms with Crippen LogP contribution in [0.15, 0.2) is 54.6 Å². The summed E-state index contributed by atoms with van der Waals surface area (Å²) in [6.45, 7) is 0. The molecule has 0 unspecified atom stereocenters. The van der Waals surface area contributed by atoms with Crippen molar-refractivity contribution in [3.05, 3.63) is 88.0 Å². The second-order valence-corrected chi connectivity index (χ2v) is 9.45. The van der Waals surface area contributed by atoms with Gasteiger partial charge in [-0.1, -0.05) is 18.2 Å². The summed E-state index contributed by atoms with van der Waals surface area (Å²) in [6.07, 6.45) is -1.17. The Morgan fingerprint density at radius 3 is 0.857 bits per heavy atom. The number of carbonyl (C=O) groups excluding carboxylic acids is 3. The Morgan fingerprint density at radius 1 is 0.381 bits per heavy atom. The lowest BCUT2D eigenvalue weighted by atomic mass is 9.92. The molecule has 0 aliphatic heterocycles. The second kappa shape index (κ2) is 11.3. The van der Waals surface area contributed by atoms with Gasteiger partial charge in [-0.05, 0) is 53.1 Å². The molecule has 12 nitrogen and oxygen atoms in total. The highest BCUT2D eigenvalue weighted by Gasteiger charge is 2.22. The lowest BCUT2D eigenvalue weighted by molar-refractivity contribution is 0.0982. The molecule has 0 aromatic heterocycles. The smallest absolute Gasteiger partial charge is 0.201 e. The van der Waals surface area contributed by atoms with Gasteiger partial charge in [0.15, 0.2) is 51.8 Å². The molecule has 0 amide bonds. The molecule has 4 aromatic carbocycles. The number of aromatic hydroxyl groups is 9. The summed E-state index contributed by atoms with van der Waals surface area (Å²) in [6, 6.07) is 10.7. The van der Waals surface area contributed by atoms with Gasteiger partial charge in [0.2, 0.25) is 17.2 Å². The minimum Gasteiger partial charge on any atom is -0.504 e. The Bertz CT molecular complexity index is 1540. The fraction of sp³-hybridized carbons (Fsp3) is 0.100. The maximum atomic E-state index is 13.0. The molecule has 0 heterocycles. The Morgan fingerprint density at radius 2 is 0.619 bits per heavy atom. The highest BCUT2D eigenvalue weighted by Crippen LogP contribution is 2.40. The Hall–Kier alpha value is -5.91. The Labute approximate surface area is 236 Å². The van der Waals surface area contributed by atoms with E-state index in [9.17, 15) is 60.3 Å². The van der Waals surface area contributed by atoms with Crippen molar-refractivity contribution < 1.29 is 60.3 Å². The first-order valence-electron chi connectivity index (χ1n) is 12.2. The van der Waals surface area contributed by atoms with Crippen molar-refractivity contribution in [3.63, 3.8) is 0 Å². The van der Waals surface area contributed by atoms with Gasteiger partial charge in [-0.15, -0.1) is 0 Å². The number of phenols is 9. The number of hydrogen-bond acceptors (Lipinski definition) is 12. The number of ketones is 3. The van der Waals surface area contributed by atoms with E-state index >= 15 is 0 Å². The lowest BCUT2D eigenvalue weighted by Gasteiger charge is -2.12. The molecule has 9 N–H and O–H groups in total. The van der Waals surface area contributed by atoms with Gasteiger partial charge >= 0.3 is 0 Å². The van der Waals surface area contributed by atoms with Crippen LogP contribution in [0.25, 0.3) is 0 Å². The largest absolute Gasteiger partial charge is 0.504 e. The number of Topliss-reactive ketones (excluding diaryl/α,β-unsaturated/α-hetero) is 3. The third kappa shape index (κ3) is 5.68. The molecule has 42 heavy (non-hydrogen) atoms. The van der Waals surface area contributed by atoms with Gasteiger partial charge < -0.3 is 46.0 Å². The average Bonchev–Trinajstić information content (AvgIpc) is 2.93. The highest BCUT2D eigenvalue weighted by molar-refractivity contribution is 6.03. The fourth-order valence-electron chi connectivity index (χ4n) is 4.37. The summed E-state index contributed by atoms with van der Waals surface area (Å²) in [5, 5.41) is 88.4. The van der Waals surface area contributed by atoms with Crippen LogP contribution in [0, 0.1) is 0 Å². The van der Waals surface area contributed by atoms with E-state index in [-0.39, 0.29) is 33.4 Å². The minimum atomic E-state index is -0.889. The third-order valence-corrected chi connectivity index (χ3v) is 6.50. The Kier molecular flexibility index (Phi) is 7.82. The average molecular weight is 577 g/mol. The summed E-state index contributed by atoms with van der Waals surface area (Å²) in [5.74, 6) is -9.18. The van der Waals surface area contributed by atoms with E-state index < -0.39 is 88.4 Å². The van der Waals surface area contributed by atoms with Crippen LogP contribution in [-0.4, -0.2) is 63.3 Å². The molecule has 0 fully saturated rings. The number of phenolic OH excluding ortho intramolecular Hbond substituents is 9. The molecule has 0 saturated heterocycles. The van der Waals surface area contributed by atoms with Crippen LogP contribution in [0.2, 0.25) is 0 Å². The zero-order chi connectivity index (χ0) is 30.9. The van der Waals surface area contributed by atoms with Crippen LogP contribution in [0.5, 0.6) is 51.7 Å². The summed E-state index contributed by atoms with van der Waals surface area (Å²) in [5.41, 5.74) is -0.142. The van der Waals surface area contributed by atoms with Crippen LogP contribution in [0.1, 0.15) is 47.8 Å². The van der Waals surface area contributed by atoms with Crippen LogP contribution in [0.4, 0.5) is 0 Å². The standard InChI is InChI=1S/C30H24O12/c31-19-4-1-16(25(37)28(19)40)22(34)10-13-7-14(11-23(35)17-2-5-20(32)29(41)26(17)38)9-15(8-13)12-24(36)18-3-6-21(33)30(42)27(18)39/h1-9,31-33,37-42H,10-12H2. The molecular weight excluding hydrogens is 552 g/mol. The van der Waals surface area contributed by atoms with Crippen LogP contribution < -0.4 is 0 Å². The zero-order valence-corrected chi connectivity index (χ0v) is 21.6. The first-order chi connectivity index (χ1) is 19.8. The van der Waals surface area contributed by atoms with Gasteiger partial charge in [-0.3, -0.25) is 14.4 Å². The van der Waals surface area contributed by atoms with E-state index in [1.165, 1.54) is 18.2 Å². The fourth-order valence-corrected chi connectivity index (χ4v) is 4.37. The molecule has 0 spiro atoms. The van der Waals surface area contributed by atoms with Crippen molar-refractivity contribution in [2.45, 2.75) is 19.3 Å². The molecular formula is C30H24O12. The van der Waals surface area contributed by atoms with Crippen LogP contribution in [0.3, 0.4) is 0 Å². The van der Waals surface area contributed by atoms with Gasteiger partial charge in [0.25, 0.3) is 0 Å². The van der Waals surface area contributed by atoms with Crippen LogP contribution in [-0.2, 0) is 19.3 Å². The van der Waals surface area contributed by atoms with E-state index in [0.29, 0.717) is 0 Å².